The van der Waals surface area contributed by atoms with E-state index in [4.69, 9.17) is 9.47 Å². The van der Waals surface area contributed by atoms with Crippen LogP contribution in [0.3, 0.4) is 0 Å². The van der Waals surface area contributed by atoms with Crippen LogP contribution in [0.4, 0.5) is 0 Å². The van der Waals surface area contributed by atoms with Gasteiger partial charge in [-0.1, -0.05) is 23.9 Å². The van der Waals surface area contributed by atoms with Crippen LogP contribution in [0.15, 0.2) is 47.8 Å². The Bertz CT molecular complexity index is 912. The smallest absolute Gasteiger partial charge is 0.233 e. The second-order valence-corrected chi connectivity index (χ2v) is 6.89. The average molecular weight is 372 g/mol. The second kappa shape index (κ2) is 8.09. The Labute approximate surface area is 155 Å². The van der Waals surface area contributed by atoms with Crippen molar-refractivity contribution in [3.05, 3.63) is 48.2 Å². The fourth-order valence-corrected chi connectivity index (χ4v) is 3.30. The van der Waals surface area contributed by atoms with Crippen LogP contribution in [0.25, 0.3) is 5.65 Å². The van der Waals surface area contributed by atoms with Gasteiger partial charge < -0.3 is 14.8 Å². The summed E-state index contributed by atoms with van der Waals surface area (Å²) in [5.74, 6) is 1.22. The van der Waals surface area contributed by atoms with Crippen LogP contribution < -0.4 is 14.8 Å². The predicted molar refractivity (Wildman–Crippen MR) is 99.7 cm³/mol. The highest BCUT2D eigenvalue weighted by molar-refractivity contribution is 8.00. The molecule has 1 amide bonds. The molecule has 1 aromatic carbocycles. The summed E-state index contributed by atoms with van der Waals surface area (Å²) in [7, 11) is 3.17. The van der Waals surface area contributed by atoms with Crippen LogP contribution in [0.5, 0.6) is 11.5 Å². The number of amides is 1. The third-order valence-corrected chi connectivity index (χ3v) is 4.91. The van der Waals surface area contributed by atoms with Gasteiger partial charge in [-0.3, -0.25) is 9.20 Å². The number of rotatable bonds is 7. The number of aromatic nitrogens is 3. The molecule has 3 aromatic rings. The summed E-state index contributed by atoms with van der Waals surface area (Å²) in [5, 5.41) is 11.6. The lowest BCUT2D eigenvalue weighted by molar-refractivity contribution is -0.120. The van der Waals surface area contributed by atoms with Gasteiger partial charge in [0.1, 0.15) is 0 Å². The number of hydrogen-bond acceptors (Lipinski definition) is 6. The van der Waals surface area contributed by atoms with Gasteiger partial charge in [-0.2, -0.15) is 0 Å². The molecule has 0 bridgehead atoms. The second-order valence-electron chi connectivity index (χ2n) is 5.58. The average Bonchev–Trinajstić information content (AvgIpc) is 3.08. The van der Waals surface area contributed by atoms with Gasteiger partial charge in [0.05, 0.1) is 19.5 Å². The van der Waals surface area contributed by atoms with Gasteiger partial charge in [-0.25, -0.2) is 0 Å². The number of ether oxygens (including phenoxy) is 2. The summed E-state index contributed by atoms with van der Waals surface area (Å²) >= 11 is 1.37. The minimum Gasteiger partial charge on any atom is -0.493 e. The molecule has 0 spiro atoms. The fourth-order valence-electron chi connectivity index (χ4n) is 2.43. The lowest BCUT2D eigenvalue weighted by Crippen LogP contribution is -2.30. The van der Waals surface area contributed by atoms with Crippen LogP contribution in [0.2, 0.25) is 0 Å². The monoisotopic (exact) mass is 372 g/mol. The highest BCUT2D eigenvalue weighted by Gasteiger charge is 2.17. The molecule has 0 radical (unpaired) electrons. The van der Waals surface area contributed by atoms with Crippen LogP contribution in [-0.2, 0) is 11.3 Å². The minimum atomic E-state index is -0.303. The number of hydrogen-bond donors (Lipinski definition) is 1. The van der Waals surface area contributed by atoms with E-state index < -0.39 is 0 Å². The molecule has 0 unspecified atom stereocenters. The quantitative estimate of drug-likeness (QED) is 0.642. The first-order valence-corrected chi connectivity index (χ1v) is 8.95. The number of nitrogens with one attached hydrogen (secondary N) is 1. The maximum absolute atomic E-state index is 12.4. The van der Waals surface area contributed by atoms with Crippen molar-refractivity contribution in [2.24, 2.45) is 0 Å². The number of fused-ring (bicyclic) bond motifs is 1. The Kier molecular flexibility index (Phi) is 5.62. The van der Waals surface area contributed by atoms with Gasteiger partial charge in [0.25, 0.3) is 0 Å². The van der Waals surface area contributed by atoms with Gasteiger partial charge in [0, 0.05) is 12.7 Å². The van der Waals surface area contributed by atoms with Gasteiger partial charge in [-0.15, -0.1) is 10.2 Å². The molecule has 8 heteroatoms. The minimum absolute atomic E-state index is 0.0718. The molecule has 2 aromatic heterocycles. The normalized spacial score (nSPS) is 12.0. The number of thioether (sulfide) groups is 1. The van der Waals surface area contributed by atoms with E-state index in [1.54, 1.807) is 14.2 Å². The summed E-state index contributed by atoms with van der Waals surface area (Å²) in [6, 6.07) is 11.2. The van der Waals surface area contributed by atoms with Crippen molar-refractivity contribution in [2.45, 2.75) is 23.9 Å². The SMILES string of the molecule is COc1ccc(CNC(=O)[C@H](C)Sc2nnc3ccccn23)cc1OC. The molecule has 1 N–H and O–H groups in total. The van der Waals surface area contributed by atoms with Crippen molar-refractivity contribution >= 4 is 23.3 Å². The number of benzene rings is 1. The zero-order valence-corrected chi connectivity index (χ0v) is 15.6. The Morgan fingerprint density at radius 3 is 2.77 bits per heavy atom. The van der Waals surface area contributed by atoms with E-state index in [9.17, 15) is 4.79 Å². The van der Waals surface area contributed by atoms with Crippen molar-refractivity contribution < 1.29 is 14.3 Å². The fraction of sp³-hybridized carbons (Fsp3) is 0.278. The van der Waals surface area contributed by atoms with E-state index in [1.165, 1.54) is 11.8 Å². The molecule has 7 nitrogen and oxygen atoms in total. The Hall–Kier alpha value is -2.74. The number of carbonyl (C=O) groups excluding carboxylic acids is 1. The van der Waals surface area contributed by atoms with E-state index in [1.807, 2.05) is 53.9 Å². The van der Waals surface area contributed by atoms with Crippen LogP contribution in [-0.4, -0.2) is 40.0 Å². The maximum atomic E-state index is 12.4. The van der Waals surface area contributed by atoms with Crippen molar-refractivity contribution in [3.8, 4) is 11.5 Å². The zero-order chi connectivity index (χ0) is 18.5. The van der Waals surface area contributed by atoms with Crippen molar-refractivity contribution in [1.82, 2.24) is 19.9 Å². The first kappa shape index (κ1) is 18.1. The number of carbonyl (C=O) groups is 1. The lowest BCUT2D eigenvalue weighted by Gasteiger charge is -2.13. The summed E-state index contributed by atoms with van der Waals surface area (Å²) in [5.41, 5.74) is 1.69. The van der Waals surface area contributed by atoms with Gasteiger partial charge in [-0.05, 0) is 36.8 Å². The van der Waals surface area contributed by atoms with Crippen molar-refractivity contribution in [3.63, 3.8) is 0 Å². The molecule has 136 valence electrons. The van der Waals surface area contributed by atoms with E-state index in [0.717, 1.165) is 11.2 Å². The largest absolute Gasteiger partial charge is 0.493 e. The summed E-state index contributed by atoms with van der Waals surface area (Å²) in [6.07, 6.45) is 1.88. The molecule has 1 atom stereocenters. The maximum Gasteiger partial charge on any atom is 0.233 e. The molecular formula is C18H20N4O3S. The van der Waals surface area contributed by atoms with E-state index in [2.05, 4.69) is 15.5 Å². The highest BCUT2D eigenvalue weighted by atomic mass is 32.2. The molecule has 26 heavy (non-hydrogen) atoms. The molecule has 2 heterocycles. The van der Waals surface area contributed by atoms with E-state index in [0.29, 0.717) is 23.2 Å². The zero-order valence-electron chi connectivity index (χ0n) is 14.8. The molecule has 3 rings (SSSR count). The summed E-state index contributed by atoms with van der Waals surface area (Å²) in [4.78, 5) is 12.4. The summed E-state index contributed by atoms with van der Waals surface area (Å²) < 4.78 is 12.4. The standard InChI is InChI=1S/C18H20N4O3S/c1-12(26-18-21-20-16-6-4-5-9-22(16)18)17(23)19-11-13-7-8-14(24-2)15(10-13)25-3/h4-10,12H,11H2,1-3H3,(H,19,23)/t12-/m0/s1. The van der Waals surface area contributed by atoms with Crippen LogP contribution in [0.1, 0.15) is 12.5 Å². The van der Waals surface area contributed by atoms with E-state index >= 15 is 0 Å². The Balaban J connectivity index is 1.61. The number of nitrogens with zero attached hydrogens (tertiary/aromatic N) is 3. The molecule has 0 saturated carbocycles. The highest BCUT2D eigenvalue weighted by Crippen LogP contribution is 2.27. The Morgan fingerprint density at radius 2 is 2.00 bits per heavy atom. The predicted octanol–water partition coefficient (Wildman–Crippen LogP) is 2.54. The van der Waals surface area contributed by atoms with Crippen LogP contribution >= 0.6 is 11.8 Å². The Morgan fingerprint density at radius 1 is 1.19 bits per heavy atom. The van der Waals surface area contributed by atoms with Crippen molar-refractivity contribution in [2.75, 3.05) is 14.2 Å². The van der Waals surface area contributed by atoms with Gasteiger partial charge >= 0.3 is 0 Å². The molecule has 0 saturated heterocycles. The first-order valence-electron chi connectivity index (χ1n) is 8.07. The number of pyridine rings is 1. The molecular weight excluding hydrogens is 352 g/mol. The third kappa shape index (κ3) is 3.91. The molecule has 0 aliphatic carbocycles. The first-order chi connectivity index (χ1) is 12.6. The lowest BCUT2D eigenvalue weighted by atomic mass is 10.2. The van der Waals surface area contributed by atoms with Crippen molar-refractivity contribution in [1.29, 1.82) is 0 Å². The van der Waals surface area contributed by atoms with E-state index in [-0.39, 0.29) is 11.2 Å². The van der Waals surface area contributed by atoms with Gasteiger partial charge in [0.2, 0.25) is 5.91 Å². The topological polar surface area (TPSA) is 77.8 Å². The molecule has 0 aliphatic rings. The molecule has 0 fully saturated rings. The third-order valence-electron chi connectivity index (χ3n) is 3.85. The summed E-state index contributed by atoms with van der Waals surface area (Å²) in [6.45, 7) is 2.25. The molecule has 0 aliphatic heterocycles. The number of methoxy groups -OCH3 is 2. The van der Waals surface area contributed by atoms with Crippen LogP contribution in [0, 0.1) is 0 Å². The van der Waals surface area contributed by atoms with Gasteiger partial charge in [0.15, 0.2) is 22.3 Å².